The van der Waals surface area contributed by atoms with E-state index in [-0.39, 0.29) is 11.3 Å². The minimum Gasteiger partial charge on any atom is -0.496 e. The van der Waals surface area contributed by atoms with Crippen LogP contribution >= 0.6 is 0 Å². The highest BCUT2D eigenvalue weighted by molar-refractivity contribution is 7.89. The van der Waals surface area contributed by atoms with Crippen LogP contribution in [0.3, 0.4) is 0 Å². The minimum absolute atomic E-state index is 0.105. The van der Waals surface area contributed by atoms with Crippen LogP contribution in [0.1, 0.15) is 11.3 Å². The van der Waals surface area contributed by atoms with Crippen molar-refractivity contribution in [3.8, 4) is 17.0 Å². The predicted molar refractivity (Wildman–Crippen MR) is 127 cm³/mol. The van der Waals surface area contributed by atoms with Crippen molar-refractivity contribution in [3.63, 3.8) is 0 Å². The summed E-state index contributed by atoms with van der Waals surface area (Å²) in [5.41, 5.74) is 7.95. The molecule has 0 radical (unpaired) electrons. The summed E-state index contributed by atoms with van der Waals surface area (Å²) in [6, 6.07) is 26.5. The Hall–Kier alpha value is -3.59. The summed E-state index contributed by atoms with van der Waals surface area (Å²) in [5.74, 6) is 0.675. The largest absolute Gasteiger partial charge is 0.496 e. The van der Waals surface area contributed by atoms with Crippen LogP contribution in [-0.2, 0) is 22.1 Å². The molecular formula is C25H24N4O3S. The summed E-state index contributed by atoms with van der Waals surface area (Å²) in [5, 5.41) is 0. The van der Waals surface area contributed by atoms with E-state index >= 15 is 0 Å². The molecule has 0 aliphatic heterocycles. The summed E-state index contributed by atoms with van der Waals surface area (Å²) in [6.07, 6.45) is 1.54. The lowest BCUT2D eigenvalue weighted by Gasteiger charge is -2.31. The van der Waals surface area contributed by atoms with Gasteiger partial charge in [-0.1, -0.05) is 60.7 Å². The number of methoxy groups -OCH3 is 1. The summed E-state index contributed by atoms with van der Waals surface area (Å²) in [4.78, 5) is 8.87. The molecule has 168 valence electrons. The molecule has 4 aromatic rings. The van der Waals surface area contributed by atoms with Crippen molar-refractivity contribution in [1.29, 1.82) is 0 Å². The Morgan fingerprint density at radius 3 is 2.24 bits per heavy atom. The van der Waals surface area contributed by atoms with Crippen LogP contribution in [0.25, 0.3) is 11.3 Å². The van der Waals surface area contributed by atoms with Gasteiger partial charge in [-0.15, -0.1) is 0 Å². The molecule has 7 nitrogen and oxygen atoms in total. The third kappa shape index (κ3) is 5.09. The number of para-hydroxylation sites is 1. The zero-order valence-corrected chi connectivity index (χ0v) is 18.9. The number of benzene rings is 3. The zero-order chi connectivity index (χ0) is 23.3. The highest BCUT2D eigenvalue weighted by atomic mass is 32.2. The summed E-state index contributed by atoms with van der Waals surface area (Å²) in [6.45, 7) is 0. The van der Waals surface area contributed by atoms with Crippen LogP contribution in [0, 0.1) is 0 Å². The standard InChI is InChI=1S/C25H24N4O3S/c1-32-24-15-9-8-14-22(24)23-16-20(27-18-28-23)17-25(26,19-10-4-2-5-11-19)29-33(30,31)21-12-6-3-7-13-21/h2-16,18,29H,17,26H2,1H3. The van der Waals surface area contributed by atoms with Gasteiger partial charge in [0.25, 0.3) is 0 Å². The Kier molecular flexibility index (Phi) is 6.50. The van der Waals surface area contributed by atoms with Gasteiger partial charge in [-0.3, -0.25) is 0 Å². The first-order valence-electron chi connectivity index (χ1n) is 10.3. The maximum absolute atomic E-state index is 13.1. The number of hydrogen-bond donors (Lipinski definition) is 2. The molecule has 1 aromatic heterocycles. The predicted octanol–water partition coefficient (Wildman–Crippen LogP) is 3.48. The molecule has 0 spiro atoms. The quantitative estimate of drug-likeness (QED) is 0.390. The van der Waals surface area contributed by atoms with Crippen LogP contribution in [0.4, 0.5) is 0 Å². The zero-order valence-electron chi connectivity index (χ0n) is 18.0. The number of nitrogens with one attached hydrogen (secondary N) is 1. The third-order valence-corrected chi connectivity index (χ3v) is 6.75. The summed E-state index contributed by atoms with van der Waals surface area (Å²) in [7, 11) is -2.30. The molecular weight excluding hydrogens is 436 g/mol. The van der Waals surface area contributed by atoms with Crippen LogP contribution in [0.15, 0.2) is 102 Å². The molecule has 0 saturated carbocycles. The van der Waals surface area contributed by atoms with E-state index in [4.69, 9.17) is 10.5 Å². The summed E-state index contributed by atoms with van der Waals surface area (Å²) >= 11 is 0. The number of ether oxygens (including phenoxy) is 1. The topological polar surface area (TPSA) is 107 Å². The van der Waals surface area contributed by atoms with E-state index in [1.54, 1.807) is 43.5 Å². The molecule has 8 heteroatoms. The van der Waals surface area contributed by atoms with Gasteiger partial charge in [-0.25, -0.2) is 18.4 Å². The van der Waals surface area contributed by atoms with Crippen LogP contribution in [0.5, 0.6) is 5.75 Å². The Morgan fingerprint density at radius 1 is 0.909 bits per heavy atom. The highest BCUT2D eigenvalue weighted by Crippen LogP contribution is 2.29. The molecule has 0 aliphatic rings. The number of hydrogen-bond acceptors (Lipinski definition) is 6. The first-order chi connectivity index (χ1) is 15.9. The van der Waals surface area contributed by atoms with E-state index in [0.717, 1.165) is 5.56 Å². The second-order valence-corrected chi connectivity index (χ2v) is 9.21. The lowest BCUT2D eigenvalue weighted by atomic mass is 9.95. The molecule has 3 N–H and O–H groups in total. The van der Waals surface area contributed by atoms with Crippen molar-refractivity contribution >= 4 is 10.0 Å². The number of nitrogens with zero attached hydrogens (tertiary/aromatic N) is 2. The second-order valence-electron chi connectivity index (χ2n) is 7.53. The van der Waals surface area contributed by atoms with Crippen molar-refractivity contribution in [1.82, 2.24) is 14.7 Å². The molecule has 1 heterocycles. The average Bonchev–Trinajstić information content (AvgIpc) is 2.85. The van der Waals surface area contributed by atoms with Gasteiger partial charge < -0.3 is 10.5 Å². The van der Waals surface area contributed by atoms with Crippen LogP contribution < -0.4 is 15.2 Å². The Bertz CT molecular complexity index is 1330. The van der Waals surface area contributed by atoms with Crippen molar-refractivity contribution in [2.24, 2.45) is 5.73 Å². The normalized spacial score (nSPS) is 13.3. The van der Waals surface area contributed by atoms with E-state index in [0.29, 0.717) is 22.7 Å². The maximum atomic E-state index is 13.1. The number of aromatic nitrogens is 2. The van der Waals surface area contributed by atoms with Crippen LogP contribution in [0.2, 0.25) is 0 Å². The fraction of sp³-hybridized carbons (Fsp3) is 0.120. The molecule has 1 unspecified atom stereocenters. The van der Waals surface area contributed by atoms with Gasteiger partial charge in [0.1, 0.15) is 17.7 Å². The van der Waals surface area contributed by atoms with Gasteiger partial charge in [-0.2, -0.15) is 4.72 Å². The Balaban J connectivity index is 1.73. The Morgan fingerprint density at radius 2 is 1.55 bits per heavy atom. The Labute approximate surface area is 193 Å². The lowest BCUT2D eigenvalue weighted by Crippen LogP contribution is -2.54. The molecule has 4 rings (SSSR count). The molecule has 3 aromatic carbocycles. The molecule has 0 bridgehead atoms. The average molecular weight is 461 g/mol. The van der Waals surface area contributed by atoms with E-state index in [9.17, 15) is 8.42 Å². The number of nitrogens with two attached hydrogens (primary N) is 1. The fourth-order valence-corrected chi connectivity index (χ4v) is 4.92. The number of sulfonamides is 1. The van der Waals surface area contributed by atoms with Gasteiger partial charge in [0.15, 0.2) is 0 Å². The summed E-state index contributed by atoms with van der Waals surface area (Å²) < 4.78 is 34.4. The second kappa shape index (κ2) is 9.50. The maximum Gasteiger partial charge on any atom is 0.242 e. The fourth-order valence-electron chi connectivity index (χ4n) is 3.61. The number of rotatable bonds is 8. The van der Waals surface area contributed by atoms with Gasteiger partial charge in [0.2, 0.25) is 10.0 Å². The molecule has 1 atom stereocenters. The van der Waals surface area contributed by atoms with E-state index in [2.05, 4.69) is 14.7 Å². The monoisotopic (exact) mass is 460 g/mol. The first kappa shape index (κ1) is 22.6. The molecule has 0 amide bonds. The van der Waals surface area contributed by atoms with Crippen molar-refractivity contribution in [2.75, 3.05) is 7.11 Å². The van der Waals surface area contributed by atoms with E-state index < -0.39 is 15.7 Å². The first-order valence-corrected chi connectivity index (χ1v) is 11.8. The van der Waals surface area contributed by atoms with Crippen LogP contribution in [-0.4, -0.2) is 25.5 Å². The van der Waals surface area contributed by atoms with Crippen molar-refractivity contribution in [3.05, 3.63) is 109 Å². The molecule has 0 aliphatic carbocycles. The van der Waals surface area contributed by atoms with E-state index in [1.807, 2.05) is 42.5 Å². The minimum atomic E-state index is -3.90. The van der Waals surface area contributed by atoms with E-state index in [1.165, 1.54) is 18.5 Å². The van der Waals surface area contributed by atoms with Gasteiger partial charge in [-0.05, 0) is 35.9 Å². The third-order valence-electron chi connectivity index (χ3n) is 5.23. The smallest absolute Gasteiger partial charge is 0.242 e. The molecule has 0 saturated heterocycles. The van der Waals surface area contributed by atoms with Gasteiger partial charge >= 0.3 is 0 Å². The highest BCUT2D eigenvalue weighted by Gasteiger charge is 2.34. The van der Waals surface area contributed by atoms with Crippen molar-refractivity contribution < 1.29 is 13.2 Å². The van der Waals surface area contributed by atoms with Gasteiger partial charge in [0.05, 0.1) is 17.7 Å². The lowest BCUT2D eigenvalue weighted by molar-refractivity contribution is 0.400. The van der Waals surface area contributed by atoms with Crippen molar-refractivity contribution in [2.45, 2.75) is 17.0 Å². The molecule has 0 fully saturated rings. The SMILES string of the molecule is COc1ccccc1-c1cc(CC(N)(NS(=O)(=O)c2ccccc2)c2ccccc2)ncn1. The molecule has 33 heavy (non-hydrogen) atoms. The van der Waals surface area contributed by atoms with Gasteiger partial charge in [0, 0.05) is 17.7 Å².